The number of carbonyl (C=O) groups excluding carboxylic acids is 1. The number of ether oxygens (including phenoxy) is 1. The Labute approximate surface area is 182 Å². The molecular formula is C22H31N5O2S. The summed E-state index contributed by atoms with van der Waals surface area (Å²) in [6, 6.07) is 7.78. The Kier molecular flexibility index (Phi) is 7.44. The molecule has 0 bridgehead atoms. The van der Waals surface area contributed by atoms with E-state index in [1.807, 2.05) is 61.9 Å². The van der Waals surface area contributed by atoms with Crippen LogP contribution < -0.4 is 5.32 Å². The molecule has 0 aliphatic carbocycles. The lowest BCUT2D eigenvalue weighted by molar-refractivity contribution is -0.0586. The number of hydrogen-bond acceptors (Lipinski definition) is 5. The van der Waals surface area contributed by atoms with Crippen LogP contribution >= 0.6 is 11.3 Å². The molecule has 2 aromatic rings. The lowest BCUT2D eigenvalue weighted by Gasteiger charge is -2.35. The monoisotopic (exact) mass is 429 g/mol. The van der Waals surface area contributed by atoms with Gasteiger partial charge in [-0.15, -0.1) is 11.3 Å². The standard InChI is InChI=1S/C22H31N5O2S/c1-15-11-27(12-16(2)29-15)21(28)19-8-6-18(7-9-19)10-24-22(23-4)26(5)13-20-14-30-17(3)25-20/h6-9,14-16H,10-13H2,1-5H3,(H,23,24). The summed E-state index contributed by atoms with van der Waals surface area (Å²) >= 11 is 1.65. The van der Waals surface area contributed by atoms with Crippen LogP contribution in [0.25, 0.3) is 0 Å². The first-order chi connectivity index (χ1) is 14.4. The van der Waals surface area contributed by atoms with E-state index < -0.39 is 0 Å². The highest BCUT2D eigenvalue weighted by molar-refractivity contribution is 7.09. The highest BCUT2D eigenvalue weighted by Gasteiger charge is 2.26. The van der Waals surface area contributed by atoms with E-state index in [9.17, 15) is 4.79 Å². The summed E-state index contributed by atoms with van der Waals surface area (Å²) in [5.74, 6) is 0.864. The summed E-state index contributed by atoms with van der Waals surface area (Å²) < 4.78 is 5.72. The number of aryl methyl sites for hydroxylation is 1. The van der Waals surface area contributed by atoms with E-state index in [1.54, 1.807) is 18.4 Å². The Balaban J connectivity index is 1.55. The van der Waals surface area contributed by atoms with Crippen LogP contribution in [0.4, 0.5) is 0 Å². The van der Waals surface area contributed by atoms with Gasteiger partial charge >= 0.3 is 0 Å². The van der Waals surface area contributed by atoms with Crippen molar-refractivity contribution in [1.29, 1.82) is 0 Å². The zero-order valence-electron chi connectivity index (χ0n) is 18.4. The number of nitrogens with one attached hydrogen (secondary N) is 1. The molecule has 2 unspecified atom stereocenters. The molecule has 3 rings (SSSR count). The number of amides is 1. The van der Waals surface area contributed by atoms with E-state index in [-0.39, 0.29) is 18.1 Å². The number of hydrogen-bond donors (Lipinski definition) is 1. The first-order valence-electron chi connectivity index (χ1n) is 10.2. The van der Waals surface area contributed by atoms with Crippen LogP contribution in [-0.4, -0.2) is 66.0 Å². The molecule has 1 amide bonds. The van der Waals surface area contributed by atoms with Crippen LogP contribution in [0, 0.1) is 6.92 Å². The Hall–Kier alpha value is -2.45. The molecule has 0 radical (unpaired) electrons. The number of carbonyl (C=O) groups is 1. The highest BCUT2D eigenvalue weighted by atomic mass is 32.1. The molecule has 1 aliphatic rings. The van der Waals surface area contributed by atoms with E-state index in [1.165, 1.54) is 0 Å². The lowest BCUT2D eigenvalue weighted by atomic mass is 10.1. The summed E-state index contributed by atoms with van der Waals surface area (Å²) in [5, 5.41) is 6.52. The van der Waals surface area contributed by atoms with E-state index >= 15 is 0 Å². The quantitative estimate of drug-likeness (QED) is 0.585. The minimum Gasteiger partial charge on any atom is -0.372 e. The molecule has 1 aliphatic heterocycles. The van der Waals surface area contributed by atoms with Crippen molar-refractivity contribution >= 4 is 23.2 Å². The third kappa shape index (κ3) is 5.79. The van der Waals surface area contributed by atoms with E-state index in [0.29, 0.717) is 31.7 Å². The van der Waals surface area contributed by atoms with Crippen molar-refractivity contribution in [1.82, 2.24) is 20.1 Å². The van der Waals surface area contributed by atoms with Crippen molar-refractivity contribution in [2.45, 2.75) is 46.1 Å². The van der Waals surface area contributed by atoms with Gasteiger partial charge in [-0.1, -0.05) is 12.1 Å². The van der Waals surface area contributed by atoms with Gasteiger partial charge in [-0.3, -0.25) is 9.79 Å². The number of aliphatic imine (C=N–C) groups is 1. The molecule has 1 fully saturated rings. The first kappa shape index (κ1) is 22.2. The molecular weight excluding hydrogens is 398 g/mol. The van der Waals surface area contributed by atoms with Crippen LogP contribution in [0.3, 0.4) is 0 Å². The summed E-state index contributed by atoms with van der Waals surface area (Å²) in [6.07, 6.45) is 0.135. The average molecular weight is 430 g/mol. The van der Waals surface area contributed by atoms with Crippen molar-refractivity contribution < 1.29 is 9.53 Å². The predicted octanol–water partition coefficient (Wildman–Crippen LogP) is 2.91. The second kappa shape index (κ2) is 10.0. The fourth-order valence-corrected chi connectivity index (χ4v) is 4.26. The third-order valence-corrected chi connectivity index (χ3v) is 5.82. The molecule has 2 heterocycles. The summed E-state index contributed by atoms with van der Waals surface area (Å²) in [5.41, 5.74) is 2.84. The minimum atomic E-state index is 0.0607. The van der Waals surface area contributed by atoms with Crippen LogP contribution in [0.15, 0.2) is 34.6 Å². The average Bonchev–Trinajstić information content (AvgIpc) is 3.12. The Bertz CT molecular complexity index is 870. The first-order valence-corrected chi connectivity index (χ1v) is 11.1. The fourth-order valence-electron chi connectivity index (χ4n) is 3.66. The topological polar surface area (TPSA) is 70.1 Å². The van der Waals surface area contributed by atoms with E-state index in [2.05, 4.69) is 20.7 Å². The largest absolute Gasteiger partial charge is 0.372 e. The summed E-state index contributed by atoms with van der Waals surface area (Å²) in [6.45, 7) is 8.62. The summed E-state index contributed by atoms with van der Waals surface area (Å²) in [7, 11) is 3.77. The maximum atomic E-state index is 12.8. The second-order valence-corrected chi connectivity index (χ2v) is 8.84. The highest BCUT2D eigenvalue weighted by Crippen LogP contribution is 2.15. The maximum Gasteiger partial charge on any atom is 0.254 e. The van der Waals surface area contributed by atoms with Crippen molar-refractivity contribution in [3.8, 4) is 0 Å². The van der Waals surface area contributed by atoms with Gasteiger partial charge in [-0.2, -0.15) is 0 Å². The van der Waals surface area contributed by atoms with Crippen molar-refractivity contribution in [3.05, 3.63) is 51.5 Å². The Morgan fingerprint density at radius 3 is 2.53 bits per heavy atom. The number of guanidine groups is 1. The molecule has 8 heteroatoms. The molecule has 162 valence electrons. The second-order valence-electron chi connectivity index (χ2n) is 7.78. The molecule has 0 spiro atoms. The molecule has 0 saturated carbocycles. The number of morpholine rings is 1. The van der Waals surface area contributed by atoms with E-state index in [0.717, 1.165) is 22.2 Å². The lowest BCUT2D eigenvalue weighted by Crippen LogP contribution is -2.48. The normalized spacial score (nSPS) is 19.6. The smallest absolute Gasteiger partial charge is 0.254 e. The van der Waals surface area contributed by atoms with Gasteiger partial charge in [0.15, 0.2) is 5.96 Å². The van der Waals surface area contributed by atoms with Crippen LogP contribution in [-0.2, 0) is 17.8 Å². The van der Waals surface area contributed by atoms with Crippen LogP contribution in [0.1, 0.15) is 40.5 Å². The van der Waals surface area contributed by atoms with Gasteiger partial charge in [0.25, 0.3) is 5.91 Å². The van der Waals surface area contributed by atoms with Gasteiger partial charge < -0.3 is 19.9 Å². The number of thiazole rings is 1. The van der Waals surface area contributed by atoms with Crippen LogP contribution in [0.2, 0.25) is 0 Å². The van der Waals surface area contributed by atoms with Crippen molar-refractivity contribution in [3.63, 3.8) is 0 Å². The Morgan fingerprint density at radius 2 is 1.97 bits per heavy atom. The fraction of sp³-hybridized carbons (Fsp3) is 0.500. The number of rotatable bonds is 5. The molecule has 1 saturated heterocycles. The Morgan fingerprint density at radius 1 is 1.30 bits per heavy atom. The van der Waals surface area contributed by atoms with Gasteiger partial charge in [0, 0.05) is 44.7 Å². The van der Waals surface area contributed by atoms with Gasteiger partial charge in [0.1, 0.15) is 0 Å². The van der Waals surface area contributed by atoms with E-state index in [4.69, 9.17) is 4.74 Å². The molecule has 2 atom stereocenters. The molecule has 7 nitrogen and oxygen atoms in total. The SMILES string of the molecule is CN=C(NCc1ccc(C(=O)N2CC(C)OC(C)C2)cc1)N(C)Cc1csc(C)n1. The van der Waals surface area contributed by atoms with Gasteiger partial charge in [-0.05, 0) is 38.5 Å². The zero-order chi connectivity index (χ0) is 21.7. The number of aromatic nitrogens is 1. The molecule has 1 N–H and O–H groups in total. The van der Waals surface area contributed by atoms with Gasteiger partial charge in [0.05, 0.1) is 29.5 Å². The van der Waals surface area contributed by atoms with Crippen molar-refractivity contribution in [2.24, 2.45) is 4.99 Å². The van der Waals surface area contributed by atoms with Gasteiger partial charge in [0.2, 0.25) is 0 Å². The van der Waals surface area contributed by atoms with Crippen molar-refractivity contribution in [2.75, 3.05) is 27.2 Å². The number of benzene rings is 1. The van der Waals surface area contributed by atoms with Crippen LogP contribution in [0.5, 0.6) is 0 Å². The predicted molar refractivity (Wildman–Crippen MR) is 121 cm³/mol. The molecule has 1 aromatic heterocycles. The zero-order valence-corrected chi connectivity index (χ0v) is 19.2. The molecule has 1 aromatic carbocycles. The minimum absolute atomic E-state index is 0.0607. The third-order valence-electron chi connectivity index (χ3n) is 5.00. The molecule has 30 heavy (non-hydrogen) atoms. The van der Waals surface area contributed by atoms with Gasteiger partial charge in [-0.25, -0.2) is 4.98 Å². The number of nitrogens with zero attached hydrogens (tertiary/aromatic N) is 4. The summed E-state index contributed by atoms with van der Waals surface area (Å²) in [4.78, 5) is 25.6. The maximum absolute atomic E-state index is 12.8.